The molecule has 0 bridgehead atoms. The molecule has 1 aromatic heterocycles. The SMILES string of the molecule is CN(Cc1csc(Br)c1)C(=O)C(C)(N)C1CC1. The average molecular weight is 317 g/mol. The topological polar surface area (TPSA) is 46.3 Å². The molecule has 0 saturated heterocycles. The van der Waals surface area contributed by atoms with E-state index in [-0.39, 0.29) is 5.91 Å². The molecule has 0 aliphatic heterocycles. The number of halogens is 1. The highest BCUT2D eigenvalue weighted by Crippen LogP contribution is 2.39. The van der Waals surface area contributed by atoms with Gasteiger partial charge in [0.15, 0.2) is 0 Å². The Balaban J connectivity index is 1.99. The molecule has 1 saturated carbocycles. The summed E-state index contributed by atoms with van der Waals surface area (Å²) in [6.07, 6.45) is 2.16. The number of hydrogen-bond acceptors (Lipinski definition) is 3. The minimum absolute atomic E-state index is 0.0438. The monoisotopic (exact) mass is 316 g/mol. The molecule has 1 aliphatic carbocycles. The zero-order valence-corrected chi connectivity index (χ0v) is 12.5. The van der Waals surface area contributed by atoms with E-state index in [2.05, 4.69) is 21.3 Å². The fourth-order valence-electron chi connectivity index (χ4n) is 2.04. The van der Waals surface area contributed by atoms with Crippen molar-refractivity contribution in [3.05, 3.63) is 20.8 Å². The van der Waals surface area contributed by atoms with Gasteiger partial charge in [-0.15, -0.1) is 11.3 Å². The van der Waals surface area contributed by atoms with Crippen molar-refractivity contribution in [3.63, 3.8) is 0 Å². The van der Waals surface area contributed by atoms with Gasteiger partial charge in [-0.1, -0.05) is 0 Å². The van der Waals surface area contributed by atoms with Crippen LogP contribution >= 0.6 is 27.3 Å². The Morgan fingerprint density at radius 1 is 1.71 bits per heavy atom. The number of nitrogens with zero attached hydrogens (tertiary/aromatic N) is 1. The van der Waals surface area contributed by atoms with Crippen LogP contribution in [0.15, 0.2) is 15.2 Å². The maximum Gasteiger partial charge on any atom is 0.242 e. The van der Waals surface area contributed by atoms with Crippen LogP contribution in [-0.4, -0.2) is 23.4 Å². The Morgan fingerprint density at radius 3 is 2.82 bits per heavy atom. The number of likely N-dealkylation sites (N-methyl/N-ethyl adjacent to an activating group) is 1. The highest BCUT2D eigenvalue weighted by Gasteiger charge is 2.45. The molecule has 5 heteroatoms. The molecule has 2 N–H and O–H groups in total. The Hall–Kier alpha value is -0.390. The molecule has 1 amide bonds. The summed E-state index contributed by atoms with van der Waals surface area (Å²) in [5, 5.41) is 2.05. The van der Waals surface area contributed by atoms with Gasteiger partial charge in [-0.05, 0) is 58.6 Å². The van der Waals surface area contributed by atoms with Crippen LogP contribution in [0.25, 0.3) is 0 Å². The number of carbonyl (C=O) groups excluding carboxylic acids is 1. The van der Waals surface area contributed by atoms with Crippen LogP contribution < -0.4 is 5.73 Å². The van der Waals surface area contributed by atoms with E-state index in [0.717, 1.165) is 22.2 Å². The number of amides is 1. The third kappa shape index (κ3) is 2.89. The summed E-state index contributed by atoms with van der Waals surface area (Å²) >= 11 is 5.05. The molecular weight excluding hydrogens is 300 g/mol. The fraction of sp³-hybridized carbons (Fsp3) is 0.583. The smallest absolute Gasteiger partial charge is 0.242 e. The third-order valence-corrected chi connectivity index (χ3v) is 4.83. The van der Waals surface area contributed by atoms with Crippen molar-refractivity contribution >= 4 is 33.2 Å². The van der Waals surface area contributed by atoms with Crippen molar-refractivity contribution < 1.29 is 4.79 Å². The fourth-order valence-corrected chi connectivity index (χ4v) is 3.24. The summed E-state index contributed by atoms with van der Waals surface area (Å²) in [7, 11) is 1.82. The minimum Gasteiger partial charge on any atom is -0.340 e. The van der Waals surface area contributed by atoms with Gasteiger partial charge in [0.25, 0.3) is 0 Å². The molecule has 1 heterocycles. The van der Waals surface area contributed by atoms with Crippen LogP contribution in [0.5, 0.6) is 0 Å². The zero-order valence-electron chi connectivity index (χ0n) is 10.1. The van der Waals surface area contributed by atoms with Crippen LogP contribution in [-0.2, 0) is 11.3 Å². The van der Waals surface area contributed by atoms with E-state index in [1.165, 1.54) is 0 Å². The van der Waals surface area contributed by atoms with Gasteiger partial charge in [0.05, 0.1) is 9.33 Å². The van der Waals surface area contributed by atoms with Gasteiger partial charge in [-0.3, -0.25) is 4.79 Å². The highest BCUT2D eigenvalue weighted by atomic mass is 79.9. The molecular formula is C12H17BrN2OS. The van der Waals surface area contributed by atoms with Gasteiger partial charge in [0.2, 0.25) is 5.91 Å². The molecule has 94 valence electrons. The first-order valence-corrected chi connectivity index (χ1v) is 7.36. The molecule has 1 unspecified atom stereocenters. The predicted molar refractivity (Wildman–Crippen MR) is 73.8 cm³/mol. The first kappa shape index (κ1) is 13.1. The summed E-state index contributed by atoms with van der Waals surface area (Å²) in [5.74, 6) is 0.411. The van der Waals surface area contributed by atoms with Crippen LogP contribution in [0.1, 0.15) is 25.3 Å². The van der Waals surface area contributed by atoms with Crippen molar-refractivity contribution in [1.82, 2.24) is 4.90 Å². The van der Waals surface area contributed by atoms with E-state index in [1.807, 2.05) is 20.0 Å². The molecule has 0 aromatic carbocycles. The van der Waals surface area contributed by atoms with Crippen molar-refractivity contribution in [3.8, 4) is 0 Å². The molecule has 0 radical (unpaired) electrons. The van der Waals surface area contributed by atoms with Gasteiger partial charge >= 0.3 is 0 Å². The van der Waals surface area contributed by atoms with E-state index in [1.54, 1.807) is 16.2 Å². The second kappa shape index (κ2) is 4.71. The second-order valence-corrected chi connectivity index (χ2v) is 7.27. The van der Waals surface area contributed by atoms with Crippen LogP contribution in [0.3, 0.4) is 0 Å². The van der Waals surface area contributed by atoms with Gasteiger partial charge in [-0.25, -0.2) is 0 Å². The first-order valence-electron chi connectivity index (χ1n) is 5.68. The minimum atomic E-state index is -0.692. The average Bonchev–Trinajstić information content (AvgIpc) is 3.03. The quantitative estimate of drug-likeness (QED) is 0.928. The Morgan fingerprint density at radius 2 is 2.35 bits per heavy atom. The maximum atomic E-state index is 12.2. The van der Waals surface area contributed by atoms with E-state index >= 15 is 0 Å². The standard InChI is InChI=1S/C12H17BrN2OS/c1-12(14,9-3-4-9)11(16)15(2)6-8-5-10(13)17-7-8/h5,7,9H,3-4,6,14H2,1-2H3. The van der Waals surface area contributed by atoms with E-state index in [9.17, 15) is 4.79 Å². The number of thiophene rings is 1. The second-order valence-electron chi connectivity index (χ2n) is 4.98. The predicted octanol–water partition coefficient (Wildman–Crippen LogP) is 2.60. The summed E-state index contributed by atoms with van der Waals surface area (Å²) < 4.78 is 1.09. The van der Waals surface area contributed by atoms with Crippen molar-refractivity contribution in [2.24, 2.45) is 11.7 Å². The number of carbonyl (C=O) groups is 1. The molecule has 1 aliphatic rings. The molecule has 1 fully saturated rings. The van der Waals surface area contributed by atoms with E-state index in [0.29, 0.717) is 12.5 Å². The normalized spacial score (nSPS) is 18.8. The van der Waals surface area contributed by atoms with Crippen molar-refractivity contribution in [2.45, 2.75) is 31.8 Å². The Bertz CT molecular complexity index is 426. The van der Waals surface area contributed by atoms with E-state index in [4.69, 9.17) is 5.73 Å². The summed E-state index contributed by atoms with van der Waals surface area (Å²) in [6.45, 7) is 2.48. The summed E-state index contributed by atoms with van der Waals surface area (Å²) in [4.78, 5) is 14.0. The molecule has 2 rings (SSSR count). The third-order valence-electron chi connectivity index (χ3n) is 3.27. The number of nitrogens with two attached hydrogens (primary N) is 1. The summed E-state index contributed by atoms with van der Waals surface area (Å²) in [6, 6.07) is 2.04. The Labute approximate surface area is 114 Å². The van der Waals surface area contributed by atoms with Crippen LogP contribution in [0.4, 0.5) is 0 Å². The number of hydrogen-bond donors (Lipinski definition) is 1. The lowest BCUT2D eigenvalue weighted by atomic mass is 9.95. The van der Waals surface area contributed by atoms with Gasteiger partial charge in [0.1, 0.15) is 0 Å². The lowest BCUT2D eigenvalue weighted by Crippen LogP contribution is -2.53. The largest absolute Gasteiger partial charge is 0.340 e. The lowest BCUT2D eigenvalue weighted by molar-refractivity contribution is -0.136. The highest BCUT2D eigenvalue weighted by molar-refractivity contribution is 9.11. The van der Waals surface area contributed by atoms with Gasteiger partial charge < -0.3 is 10.6 Å². The zero-order chi connectivity index (χ0) is 12.6. The van der Waals surface area contributed by atoms with E-state index < -0.39 is 5.54 Å². The van der Waals surface area contributed by atoms with Crippen molar-refractivity contribution in [2.75, 3.05) is 7.05 Å². The van der Waals surface area contributed by atoms with Crippen molar-refractivity contribution in [1.29, 1.82) is 0 Å². The molecule has 1 atom stereocenters. The lowest BCUT2D eigenvalue weighted by Gasteiger charge is -2.29. The van der Waals surface area contributed by atoms with Crippen LogP contribution in [0, 0.1) is 5.92 Å². The number of rotatable bonds is 4. The Kier molecular flexibility index (Phi) is 3.61. The molecule has 3 nitrogen and oxygen atoms in total. The van der Waals surface area contributed by atoms with Gasteiger partial charge in [-0.2, -0.15) is 0 Å². The molecule has 1 aromatic rings. The van der Waals surface area contributed by atoms with Gasteiger partial charge in [0, 0.05) is 13.6 Å². The maximum absolute atomic E-state index is 12.2. The molecule has 17 heavy (non-hydrogen) atoms. The summed E-state index contributed by atoms with van der Waals surface area (Å²) in [5.41, 5.74) is 6.58. The van der Waals surface area contributed by atoms with Crippen LogP contribution in [0.2, 0.25) is 0 Å². The molecule has 0 spiro atoms. The first-order chi connectivity index (χ1) is 7.91.